The second-order valence-corrected chi connectivity index (χ2v) is 10.1. The minimum atomic E-state index is -0.713. The Labute approximate surface area is 201 Å². The van der Waals surface area contributed by atoms with E-state index >= 15 is 0 Å². The van der Waals surface area contributed by atoms with Gasteiger partial charge in [0.1, 0.15) is 11.9 Å². The highest BCUT2D eigenvalue weighted by atomic mass is 16.2. The summed E-state index contributed by atoms with van der Waals surface area (Å²) in [4.78, 5) is 47.0. The Morgan fingerprint density at radius 1 is 1.15 bits per heavy atom. The molecule has 0 radical (unpaired) electrons. The van der Waals surface area contributed by atoms with Gasteiger partial charge in [0.25, 0.3) is 11.8 Å². The Morgan fingerprint density at radius 3 is 2.47 bits per heavy atom. The summed E-state index contributed by atoms with van der Waals surface area (Å²) >= 11 is 0. The van der Waals surface area contributed by atoms with Crippen LogP contribution in [0.1, 0.15) is 53.7 Å². The van der Waals surface area contributed by atoms with Gasteiger partial charge in [0.2, 0.25) is 5.91 Å². The van der Waals surface area contributed by atoms with Crippen LogP contribution in [0.3, 0.4) is 0 Å². The normalized spacial score (nSPS) is 15.1. The number of aromatic nitrogens is 2. The number of carbonyl (C=O) groups excluding carboxylic acids is 3. The summed E-state index contributed by atoms with van der Waals surface area (Å²) in [7, 11) is 7.01. The number of carbonyl (C=O) groups is 3. The van der Waals surface area contributed by atoms with E-state index in [1.54, 1.807) is 27.2 Å². The highest BCUT2D eigenvalue weighted by Gasteiger charge is 2.34. The van der Waals surface area contributed by atoms with Crippen molar-refractivity contribution in [2.75, 3.05) is 34.7 Å². The lowest BCUT2D eigenvalue weighted by Crippen LogP contribution is -2.53. The number of hydrogen-bond donors (Lipinski definition) is 2. The van der Waals surface area contributed by atoms with Crippen molar-refractivity contribution in [2.24, 2.45) is 5.41 Å². The minimum Gasteiger partial charge on any atom is -0.357 e. The topological polar surface area (TPSA) is 99.6 Å². The predicted octanol–water partition coefficient (Wildman–Crippen LogP) is 1.98. The molecule has 34 heavy (non-hydrogen) atoms. The summed E-state index contributed by atoms with van der Waals surface area (Å²) in [6.45, 7) is 7.89. The average molecular weight is 469 g/mol. The van der Waals surface area contributed by atoms with Crippen LogP contribution in [0, 0.1) is 5.41 Å². The van der Waals surface area contributed by atoms with Gasteiger partial charge in [-0.2, -0.15) is 0 Å². The van der Waals surface area contributed by atoms with E-state index in [1.165, 1.54) is 4.90 Å². The molecule has 0 saturated heterocycles. The number of rotatable bonds is 5. The summed E-state index contributed by atoms with van der Waals surface area (Å²) < 4.78 is 2.07. The summed E-state index contributed by atoms with van der Waals surface area (Å²) in [6.07, 6.45) is 0.910. The lowest BCUT2D eigenvalue weighted by atomic mass is 9.86. The van der Waals surface area contributed by atoms with E-state index in [0.29, 0.717) is 30.2 Å². The van der Waals surface area contributed by atoms with Gasteiger partial charge >= 0.3 is 0 Å². The van der Waals surface area contributed by atoms with Gasteiger partial charge in [0, 0.05) is 45.4 Å². The van der Waals surface area contributed by atoms with Gasteiger partial charge in [-0.3, -0.25) is 14.4 Å². The molecule has 2 aromatic rings. The lowest BCUT2D eigenvalue weighted by Gasteiger charge is -2.29. The first kappa shape index (κ1) is 25.4. The van der Waals surface area contributed by atoms with Crippen molar-refractivity contribution in [3.8, 4) is 11.4 Å². The van der Waals surface area contributed by atoms with Gasteiger partial charge in [-0.15, -0.1) is 0 Å². The molecule has 9 heteroatoms. The summed E-state index contributed by atoms with van der Waals surface area (Å²) in [5.41, 5.74) is 1.97. The summed E-state index contributed by atoms with van der Waals surface area (Å²) in [6, 6.07) is 6.61. The molecule has 2 heterocycles. The molecule has 0 saturated carbocycles. The van der Waals surface area contributed by atoms with E-state index in [-0.39, 0.29) is 17.7 Å². The van der Waals surface area contributed by atoms with Crippen LogP contribution >= 0.6 is 0 Å². The Bertz CT molecular complexity index is 1080. The van der Waals surface area contributed by atoms with Crippen molar-refractivity contribution >= 4 is 17.7 Å². The van der Waals surface area contributed by atoms with Crippen LogP contribution in [0.15, 0.2) is 24.3 Å². The second kappa shape index (κ2) is 9.97. The van der Waals surface area contributed by atoms with Gasteiger partial charge in [-0.25, -0.2) is 4.98 Å². The number of fused-ring (bicyclic) bond motifs is 1. The fourth-order valence-corrected chi connectivity index (χ4v) is 4.19. The molecular formula is C25H36N6O3. The molecule has 0 aliphatic carbocycles. The van der Waals surface area contributed by atoms with Crippen LogP contribution in [0.25, 0.3) is 11.4 Å². The van der Waals surface area contributed by atoms with Crippen LogP contribution in [-0.2, 0) is 17.9 Å². The molecule has 1 aliphatic heterocycles. The number of nitrogens with one attached hydrogen (secondary N) is 2. The maximum atomic E-state index is 13.5. The third kappa shape index (κ3) is 5.30. The fourth-order valence-electron chi connectivity index (χ4n) is 4.19. The molecule has 9 nitrogen and oxygen atoms in total. The largest absolute Gasteiger partial charge is 0.357 e. The van der Waals surface area contributed by atoms with E-state index in [0.717, 1.165) is 24.2 Å². The molecule has 1 aromatic carbocycles. The van der Waals surface area contributed by atoms with E-state index in [4.69, 9.17) is 4.98 Å². The van der Waals surface area contributed by atoms with E-state index in [1.807, 2.05) is 46.0 Å². The third-order valence-electron chi connectivity index (χ3n) is 6.05. The highest BCUT2D eigenvalue weighted by Crippen LogP contribution is 2.28. The molecule has 1 atom stereocenters. The number of nitrogens with zero attached hydrogens (tertiary/aromatic N) is 4. The van der Waals surface area contributed by atoms with Crippen LogP contribution < -0.4 is 10.6 Å². The molecule has 0 spiro atoms. The third-order valence-corrected chi connectivity index (χ3v) is 6.05. The number of likely N-dealkylation sites (N-methyl/N-ethyl adjacent to an activating group) is 1. The van der Waals surface area contributed by atoms with Gasteiger partial charge in [-0.1, -0.05) is 32.9 Å². The Balaban J connectivity index is 2.08. The maximum absolute atomic E-state index is 13.5. The van der Waals surface area contributed by atoms with Gasteiger partial charge in [0.05, 0.1) is 5.69 Å². The zero-order valence-electron chi connectivity index (χ0n) is 21.2. The fraction of sp³-hybridized carbons (Fsp3) is 0.520. The van der Waals surface area contributed by atoms with Crippen LogP contribution in [0.4, 0.5) is 0 Å². The van der Waals surface area contributed by atoms with Crippen LogP contribution in [0.5, 0.6) is 0 Å². The van der Waals surface area contributed by atoms with Gasteiger partial charge in [0.15, 0.2) is 5.69 Å². The smallest absolute Gasteiger partial charge is 0.272 e. The number of benzene rings is 1. The first-order valence-electron chi connectivity index (χ1n) is 11.6. The quantitative estimate of drug-likeness (QED) is 0.699. The van der Waals surface area contributed by atoms with Crippen molar-refractivity contribution in [2.45, 2.75) is 46.3 Å². The van der Waals surface area contributed by atoms with Crippen molar-refractivity contribution in [3.63, 3.8) is 0 Å². The molecule has 1 unspecified atom stereocenters. The lowest BCUT2D eigenvalue weighted by molar-refractivity contribution is -0.124. The number of hydrogen-bond acceptors (Lipinski definition) is 5. The van der Waals surface area contributed by atoms with Gasteiger partial charge < -0.3 is 25.0 Å². The SMILES string of the molecule is CNC(=O)C(NC(=O)c1nc(-c2cccc(C(=O)N(C)C)c2)n2c1CN(C)CCC2)C(C)(C)C. The zero-order valence-corrected chi connectivity index (χ0v) is 21.2. The molecule has 0 fully saturated rings. The highest BCUT2D eigenvalue weighted by molar-refractivity contribution is 5.98. The van der Waals surface area contributed by atoms with Crippen molar-refractivity contribution in [1.82, 2.24) is 30.0 Å². The van der Waals surface area contributed by atoms with Crippen molar-refractivity contribution in [1.29, 1.82) is 0 Å². The zero-order chi connectivity index (χ0) is 25.2. The molecule has 3 rings (SSSR count). The Morgan fingerprint density at radius 2 is 1.85 bits per heavy atom. The van der Waals surface area contributed by atoms with Crippen molar-refractivity contribution < 1.29 is 14.4 Å². The molecule has 1 aliphatic rings. The van der Waals surface area contributed by atoms with Crippen molar-refractivity contribution in [3.05, 3.63) is 41.2 Å². The number of amides is 3. The molecule has 184 valence electrons. The monoisotopic (exact) mass is 468 g/mol. The standard InChI is InChI=1S/C25H36N6O3/c1-25(2,3)20(23(33)26-4)28-22(32)19-18-15-30(7)12-9-13-31(18)21(27-19)16-10-8-11-17(14-16)24(34)29(5)6/h8,10-11,14,20H,9,12-13,15H2,1-7H3,(H,26,33)(H,28,32). The van der Waals surface area contributed by atoms with Gasteiger partial charge in [-0.05, 0) is 37.6 Å². The van der Waals surface area contributed by atoms with E-state index in [2.05, 4.69) is 20.1 Å². The van der Waals surface area contributed by atoms with E-state index in [9.17, 15) is 14.4 Å². The summed E-state index contributed by atoms with van der Waals surface area (Å²) in [5.74, 6) is -0.0790. The minimum absolute atomic E-state index is 0.0965. The average Bonchev–Trinajstić information content (AvgIpc) is 3.02. The molecule has 3 amide bonds. The Kier molecular flexibility index (Phi) is 7.45. The van der Waals surface area contributed by atoms with E-state index < -0.39 is 11.5 Å². The Hall–Kier alpha value is -3.20. The first-order valence-corrected chi connectivity index (χ1v) is 11.6. The maximum Gasteiger partial charge on any atom is 0.272 e. The molecule has 1 aromatic heterocycles. The second-order valence-electron chi connectivity index (χ2n) is 10.1. The number of imidazole rings is 1. The van der Waals surface area contributed by atoms with Crippen LogP contribution in [-0.4, -0.2) is 77.8 Å². The molecule has 2 N–H and O–H groups in total. The van der Waals surface area contributed by atoms with Crippen LogP contribution in [0.2, 0.25) is 0 Å². The molecular weight excluding hydrogens is 432 g/mol. The first-order chi connectivity index (χ1) is 15.9. The summed E-state index contributed by atoms with van der Waals surface area (Å²) in [5, 5.41) is 5.55. The molecule has 0 bridgehead atoms. The predicted molar refractivity (Wildman–Crippen MR) is 131 cm³/mol.